The molecule has 0 aromatic heterocycles. The summed E-state index contributed by atoms with van der Waals surface area (Å²) in [5.41, 5.74) is 1.16. The third-order valence-corrected chi connectivity index (χ3v) is 3.97. The second-order valence-electron chi connectivity index (χ2n) is 5.03. The molecular formula is C14H18ClNO2. The van der Waals surface area contributed by atoms with E-state index >= 15 is 0 Å². The van der Waals surface area contributed by atoms with Crippen LogP contribution in [0.2, 0.25) is 5.02 Å². The molecule has 1 saturated carbocycles. The van der Waals surface area contributed by atoms with Gasteiger partial charge in [0.1, 0.15) is 0 Å². The zero-order valence-electron chi connectivity index (χ0n) is 10.4. The van der Waals surface area contributed by atoms with Gasteiger partial charge < -0.3 is 14.8 Å². The van der Waals surface area contributed by atoms with Crippen LogP contribution in [-0.2, 0) is 6.54 Å². The van der Waals surface area contributed by atoms with Crippen LogP contribution >= 0.6 is 11.6 Å². The fourth-order valence-corrected chi connectivity index (χ4v) is 2.98. The van der Waals surface area contributed by atoms with Crippen molar-refractivity contribution in [2.45, 2.75) is 44.7 Å². The van der Waals surface area contributed by atoms with Gasteiger partial charge in [0.2, 0.25) is 6.79 Å². The lowest BCUT2D eigenvalue weighted by Gasteiger charge is -2.23. The highest BCUT2D eigenvalue weighted by atomic mass is 35.5. The largest absolute Gasteiger partial charge is 0.454 e. The van der Waals surface area contributed by atoms with E-state index in [1.54, 1.807) is 0 Å². The number of benzene rings is 1. The molecule has 1 aromatic rings. The second-order valence-corrected chi connectivity index (χ2v) is 5.43. The first-order valence-corrected chi connectivity index (χ1v) is 7.02. The standard InChI is InChI=1S/C14H18ClNO2/c15-12-6-10(7-13-14(12)18-9-17-13)8-16-11-4-2-1-3-5-11/h6-7,11,16H,1-5,8-9H2. The predicted molar refractivity (Wildman–Crippen MR) is 71.3 cm³/mol. The lowest BCUT2D eigenvalue weighted by atomic mass is 9.95. The molecule has 0 bridgehead atoms. The smallest absolute Gasteiger partial charge is 0.231 e. The molecule has 0 spiro atoms. The van der Waals surface area contributed by atoms with Gasteiger partial charge in [-0.3, -0.25) is 0 Å². The summed E-state index contributed by atoms with van der Waals surface area (Å²) in [6.45, 7) is 1.12. The van der Waals surface area contributed by atoms with E-state index in [4.69, 9.17) is 21.1 Å². The minimum absolute atomic E-state index is 0.272. The molecule has 1 heterocycles. The van der Waals surface area contributed by atoms with Crippen LogP contribution in [0.1, 0.15) is 37.7 Å². The van der Waals surface area contributed by atoms with E-state index in [-0.39, 0.29) is 6.79 Å². The SMILES string of the molecule is Clc1cc(CNC2CCCCC2)cc2c1OCO2. The Morgan fingerprint density at radius 2 is 2.00 bits per heavy atom. The van der Waals surface area contributed by atoms with E-state index in [1.807, 2.05) is 12.1 Å². The first-order chi connectivity index (χ1) is 8.83. The Balaban J connectivity index is 1.64. The molecule has 3 nitrogen and oxygen atoms in total. The molecule has 0 saturated heterocycles. The average Bonchev–Trinajstić information content (AvgIpc) is 2.86. The number of halogens is 1. The monoisotopic (exact) mass is 267 g/mol. The minimum atomic E-state index is 0.272. The molecule has 0 radical (unpaired) electrons. The lowest BCUT2D eigenvalue weighted by Crippen LogP contribution is -2.30. The third kappa shape index (κ3) is 2.57. The Hall–Kier alpha value is -0.930. The van der Waals surface area contributed by atoms with Gasteiger partial charge in [-0.05, 0) is 30.5 Å². The normalized spacial score (nSPS) is 19.2. The highest BCUT2D eigenvalue weighted by Crippen LogP contribution is 2.39. The molecule has 1 fully saturated rings. The van der Waals surface area contributed by atoms with E-state index in [1.165, 1.54) is 32.1 Å². The van der Waals surface area contributed by atoms with Crippen molar-refractivity contribution in [1.29, 1.82) is 0 Å². The Kier molecular flexibility index (Phi) is 3.62. The summed E-state index contributed by atoms with van der Waals surface area (Å²) in [6.07, 6.45) is 6.66. The summed E-state index contributed by atoms with van der Waals surface area (Å²) in [5, 5.41) is 4.25. The van der Waals surface area contributed by atoms with Gasteiger partial charge in [0.15, 0.2) is 11.5 Å². The summed E-state index contributed by atoms with van der Waals surface area (Å²) >= 11 is 6.16. The topological polar surface area (TPSA) is 30.5 Å². The number of nitrogens with one attached hydrogen (secondary N) is 1. The van der Waals surface area contributed by atoms with Crippen LogP contribution < -0.4 is 14.8 Å². The molecule has 0 atom stereocenters. The lowest BCUT2D eigenvalue weighted by molar-refractivity contribution is 0.174. The summed E-state index contributed by atoms with van der Waals surface area (Å²) in [4.78, 5) is 0. The van der Waals surface area contributed by atoms with Crippen LogP contribution in [0, 0.1) is 0 Å². The van der Waals surface area contributed by atoms with E-state index in [9.17, 15) is 0 Å². The van der Waals surface area contributed by atoms with Crippen LogP contribution in [0.15, 0.2) is 12.1 Å². The van der Waals surface area contributed by atoms with Crippen LogP contribution in [0.3, 0.4) is 0 Å². The van der Waals surface area contributed by atoms with Crippen LogP contribution in [0.25, 0.3) is 0 Å². The predicted octanol–water partition coefficient (Wildman–Crippen LogP) is 3.49. The fraction of sp³-hybridized carbons (Fsp3) is 0.571. The zero-order chi connectivity index (χ0) is 12.4. The Bertz CT molecular complexity index is 430. The molecule has 1 N–H and O–H groups in total. The van der Waals surface area contributed by atoms with Crippen molar-refractivity contribution in [3.8, 4) is 11.5 Å². The minimum Gasteiger partial charge on any atom is -0.454 e. The van der Waals surface area contributed by atoms with Crippen LogP contribution in [0.4, 0.5) is 0 Å². The number of fused-ring (bicyclic) bond motifs is 1. The van der Waals surface area contributed by atoms with Gasteiger partial charge in [0.05, 0.1) is 5.02 Å². The molecule has 1 aliphatic heterocycles. The van der Waals surface area contributed by atoms with E-state index < -0.39 is 0 Å². The second kappa shape index (κ2) is 5.37. The number of ether oxygens (including phenoxy) is 2. The maximum absolute atomic E-state index is 6.16. The molecule has 0 unspecified atom stereocenters. The molecule has 98 valence electrons. The number of hydrogen-bond acceptors (Lipinski definition) is 3. The highest BCUT2D eigenvalue weighted by Gasteiger charge is 2.19. The van der Waals surface area contributed by atoms with Gasteiger partial charge in [-0.25, -0.2) is 0 Å². The summed E-state index contributed by atoms with van der Waals surface area (Å²) in [5.74, 6) is 1.45. The Morgan fingerprint density at radius 1 is 1.17 bits per heavy atom. The Labute approximate surface area is 112 Å². The van der Waals surface area contributed by atoms with Gasteiger partial charge in [0, 0.05) is 12.6 Å². The van der Waals surface area contributed by atoms with Gasteiger partial charge in [-0.15, -0.1) is 0 Å². The summed E-state index contributed by atoms with van der Waals surface area (Å²) in [6, 6.07) is 4.64. The first-order valence-electron chi connectivity index (χ1n) is 6.64. The maximum Gasteiger partial charge on any atom is 0.231 e. The third-order valence-electron chi connectivity index (χ3n) is 3.69. The summed E-state index contributed by atoms with van der Waals surface area (Å²) < 4.78 is 10.7. The molecule has 18 heavy (non-hydrogen) atoms. The number of hydrogen-bond donors (Lipinski definition) is 1. The van der Waals surface area contributed by atoms with Gasteiger partial charge in [0.25, 0.3) is 0 Å². The van der Waals surface area contributed by atoms with Crippen molar-refractivity contribution in [2.24, 2.45) is 0 Å². The van der Waals surface area contributed by atoms with Crippen LogP contribution in [0.5, 0.6) is 11.5 Å². The molecule has 0 amide bonds. The van der Waals surface area contributed by atoms with Crippen molar-refractivity contribution in [3.63, 3.8) is 0 Å². The van der Waals surface area contributed by atoms with Crippen molar-refractivity contribution >= 4 is 11.6 Å². The average molecular weight is 268 g/mol. The summed E-state index contributed by atoms with van der Waals surface area (Å²) in [7, 11) is 0. The van der Waals surface area contributed by atoms with Crippen molar-refractivity contribution < 1.29 is 9.47 Å². The van der Waals surface area contributed by atoms with Crippen LogP contribution in [-0.4, -0.2) is 12.8 Å². The number of rotatable bonds is 3. The van der Waals surface area contributed by atoms with Gasteiger partial charge >= 0.3 is 0 Å². The van der Waals surface area contributed by atoms with Crippen molar-refractivity contribution in [3.05, 3.63) is 22.7 Å². The van der Waals surface area contributed by atoms with Crippen molar-refractivity contribution in [2.75, 3.05) is 6.79 Å². The molecular weight excluding hydrogens is 250 g/mol. The molecule has 3 rings (SSSR count). The van der Waals surface area contributed by atoms with E-state index in [2.05, 4.69) is 5.32 Å². The van der Waals surface area contributed by atoms with Gasteiger partial charge in [-0.1, -0.05) is 30.9 Å². The van der Waals surface area contributed by atoms with E-state index in [0.29, 0.717) is 16.8 Å². The highest BCUT2D eigenvalue weighted by molar-refractivity contribution is 6.32. The maximum atomic E-state index is 6.16. The Morgan fingerprint density at radius 3 is 2.83 bits per heavy atom. The van der Waals surface area contributed by atoms with E-state index in [0.717, 1.165) is 17.9 Å². The molecule has 4 heteroatoms. The van der Waals surface area contributed by atoms with Crippen molar-refractivity contribution in [1.82, 2.24) is 5.32 Å². The quantitative estimate of drug-likeness (QED) is 0.909. The first kappa shape index (κ1) is 12.1. The fourth-order valence-electron chi connectivity index (χ4n) is 2.69. The molecule has 1 aromatic carbocycles. The zero-order valence-corrected chi connectivity index (χ0v) is 11.1. The van der Waals surface area contributed by atoms with Gasteiger partial charge in [-0.2, -0.15) is 0 Å². The molecule has 2 aliphatic rings. The molecule has 1 aliphatic carbocycles.